The first-order chi connectivity index (χ1) is 9.95. The van der Waals surface area contributed by atoms with Gasteiger partial charge in [-0.05, 0) is 42.8 Å². The SMILES string of the molecule is Cc1ccc(C(=O)Nc2ccc(Cl)c(CS(C)=O)c2)cc1. The lowest BCUT2D eigenvalue weighted by Gasteiger charge is -2.09. The highest BCUT2D eigenvalue weighted by Crippen LogP contribution is 2.22. The second-order valence-electron chi connectivity index (χ2n) is 4.84. The average Bonchev–Trinajstić information content (AvgIpc) is 2.42. The van der Waals surface area contributed by atoms with Crippen LogP contribution in [0.5, 0.6) is 0 Å². The molecule has 0 fully saturated rings. The maximum absolute atomic E-state index is 12.1. The summed E-state index contributed by atoms with van der Waals surface area (Å²) in [6, 6.07) is 12.5. The molecule has 0 bridgehead atoms. The number of amides is 1. The van der Waals surface area contributed by atoms with Crippen LogP contribution in [0.3, 0.4) is 0 Å². The van der Waals surface area contributed by atoms with Gasteiger partial charge in [-0.2, -0.15) is 0 Å². The van der Waals surface area contributed by atoms with Gasteiger partial charge in [0, 0.05) is 39.1 Å². The third-order valence-electron chi connectivity index (χ3n) is 2.98. The maximum Gasteiger partial charge on any atom is 0.255 e. The third-order valence-corrected chi connectivity index (χ3v) is 4.06. The quantitative estimate of drug-likeness (QED) is 0.931. The summed E-state index contributed by atoms with van der Waals surface area (Å²) >= 11 is 6.06. The third kappa shape index (κ3) is 4.41. The van der Waals surface area contributed by atoms with Crippen LogP contribution in [-0.4, -0.2) is 16.4 Å². The molecule has 21 heavy (non-hydrogen) atoms. The van der Waals surface area contributed by atoms with E-state index in [9.17, 15) is 9.00 Å². The number of carbonyl (C=O) groups is 1. The largest absolute Gasteiger partial charge is 0.322 e. The highest BCUT2D eigenvalue weighted by molar-refractivity contribution is 7.83. The second-order valence-corrected chi connectivity index (χ2v) is 6.69. The molecule has 1 atom stereocenters. The summed E-state index contributed by atoms with van der Waals surface area (Å²) in [4.78, 5) is 12.1. The van der Waals surface area contributed by atoms with Crippen LogP contribution >= 0.6 is 11.6 Å². The highest BCUT2D eigenvalue weighted by atomic mass is 35.5. The van der Waals surface area contributed by atoms with E-state index in [0.717, 1.165) is 11.1 Å². The average molecular weight is 322 g/mol. The maximum atomic E-state index is 12.1. The molecule has 0 saturated carbocycles. The molecule has 0 spiro atoms. The fourth-order valence-corrected chi connectivity index (χ4v) is 2.83. The molecule has 2 aromatic carbocycles. The molecule has 2 aromatic rings. The predicted octanol–water partition coefficient (Wildman–Crippen LogP) is 3.78. The Balaban J connectivity index is 2.17. The van der Waals surface area contributed by atoms with Crippen LogP contribution in [0.25, 0.3) is 0 Å². The zero-order valence-corrected chi connectivity index (χ0v) is 13.4. The van der Waals surface area contributed by atoms with Crippen molar-refractivity contribution in [2.45, 2.75) is 12.7 Å². The molecule has 0 aliphatic heterocycles. The lowest BCUT2D eigenvalue weighted by molar-refractivity contribution is 0.102. The zero-order valence-electron chi connectivity index (χ0n) is 11.9. The van der Waals surface area contributed by atoms with Crippen LogP contribution in [0.4, 0.5) is 5.69 Å². The van der Waals surface area contributed by atoms with Crippen LogP contribution in [0.2, 0.25) is 5.02 Å². The standard InChI is InChI=1S/C16H16ClNO2S/c1-11-3-5-12(6-4-11)16(19)18-14-7-8-15(17)13(9-14)10-21(2)20/h3-9H,10H2,1-2H3,(H,18,19). The molecule has 0 radical (unpaired) electrons. The first kappa shape index (κ1) is 15.7. The van der Waals surface area contributed by atoms with E-state index in [0.29, 0.717) is 22.0 Å². The molecule has 1 unspecified atom stereocenters. The van der Waals surface area contributed by atoms with Gasteiger partial charge in [0.05, 0.1) is 0 Å². The van der Waals surface area contributed by atoms with E-state index < -0.39 is 10.8 Å². The minimum atomic E-state index is -0.984. The van der Waals surface area contributed by atoms with Crippen LogP contribution in [0, 0.1) is 6.92 Å². The fourth-order valence-electron chi connectivity index (χ4n) is 1.89. The molecule has 3 nitrogen and oxygen atoms in total. The Morgan fingerprint density at radius 1 is 1.19 bits per heavy atom. The smallest absolute Gasteiger partial charge is 0.255 e. The molecule has 2 rings (SSSR count). The van der Waals surface area contributed by atoms with Gasteiger partial charge in [0.15, 0.2) is 0 Å². The van der Waals surface area contributed by atoms with Gasteiger partial charge in [-0.25, -0.2) is 0 Å². The Morgan fingerprint density at radius 2 is 1.86 bits per heavy atom. The number of rotatable bonds is 4. The van der Waals surface area contributed by atoms with Gasteiger partial charge in [-0.15, -0.1) is 0 Å². The number of anilines is 1. The molecular formula is C16H16ClNO2S. The molecule has 110 valence electrons. The van der Waals surface area contributed by atoms with Crippen LogP contribution in [-0.2, 0) is 16.6 Å². The van der Waals surface area contributed by atoms with Crippen molar-refractivity contribution < 1.29 is 9.00 Å². The molecule has 1 amide bonds. The minimum Gasteiger partial charge on any atom is -0.322 e. The topological polar surface area (TPSA) is 46.2 Å². The Morgan fingerprint density at radius 3 is 2.48 bits per heavy atom. The Hall–Kier alpha value is -1.65. The van der Waals surface area contributed by atoms with E-state index in [2.05, 4.69) is 5.32 Å². The molecular weight excluding hydrogens is 306 g/mol. The molecule has 0 heterocycles. The first-order valence-corrected chi connectivity index (χ1v) is 8.52. The van der Waals surface area contributed by atoms with Crippen molar-refractivity contribution in [1.29, 1.82) is 0 Å². The van der Waals surface area contributed by atoms with Gasteiger partial charge in [0.1, 0.15) is 0 Å². The fraction of sp³-hybridized carbons (Fsp3) is 0.188. The number of halogens is 1. The van der Waals surface area contributed by atoms with Crippen molar-refractivity contribution in [3.8, 4) is 0 Å². The summed E-state index contributed by atoms with van der Waals surface area (Å²) in [5.74, 6) is 0.188. The number of carbonyl (C=O) groups excluding carboxylic acids is 1. The van der Waals surface area contributed by atoms with Gasteiger partial charge in [-0.3, -0.25) is 9.00 Å². The Labute approximate surface area is 131 Å². The summed E-state index contributed by atoms with van der Waals surface area (Å²) in [5.41, 5.74) is 3.10. The summed E-state index contributed by atoms with van der Waals surface area (Å²) < 4.78 is 11.3. The molecule has 0 aromatic heterocycles. The van der Waals surface area contributed by atoms with E-state index in [1.165, 1.54) is 0 Å². The van der Waals surface area contributed by atoms with Gasteiger partial charge in [0.25, 0.3) is 5.91 Å². The van der Waals surface area contributed by atoms with Gasteiger partial charge < -0.3 is 5.32 Å². The lowest BCUT2D eigenvalue weighted by Crippen LogP contribution is -2.12. The van der Waals surface area contributed by atoms with E-state index in [-0.39, 0.29) is 5.91 Å². The van der Waals surface area contributed by atoms with Crippen molar-refractivity contribution >= 4 is 34.0 Å². The summed E-state index contributed by atoms with van der Waals surface area (Å²) in [5, 5.41) is 3.38. The Kier molecular flexibility index (Phi) is 5.15. The highest BCUT2D eigenvalue weighted by Gasteiger charge is 2.08. The van der Waals surface area contributed by atoms with Gasteiger partial charge in [-0.1, -0.05) is 29.3 Å². The van der Waals surface area contributed by atoms with E-state index in [1.54, 1.807) is 36.6 Å². The van der Waals surface area contributed by atoms with E-state index in [1.807, 2.05) is 19.1 Å². The van der Waals surface area contributed by atoms with Crippen molar-refractivity contribution in [2.75, 3.05) is 11.6 Å². The first-order valence-electron chi connectivity index (χ1n) is 6.42. The molecule has 1 N–H and O–H groups in total. The van der Waals surface area contributed by atoms with Gasteiger partial charge in [0.2, 0.25) is 0 Å². The van der Waals surface area contributed by atoms with Crippen LogP contribution in [0.1, 0.15) is 21.5 Å². The molecule has 5 heteroatoms. The summed E-state index contributed by atoms with van der Waals surface area (Å²) in [7, 11) is -0.984. The van der Waals surface area contributed by atoms with Crippen molar-refractivity contribution in [2.24, 2.45) is 0 Å². The summed E-state index contributed by atoms with van der Waals surface area (Å²) in [6.45, 7) is 1.97. The monoisotopic (exact) mass is 321 g/mol. The molecule has 0 saturated heterocycles. The van der Waals surface area contributed by atoms with E-state index in [4.69, 9.17) is 11.6 Å². The zero-order chi connectivity index (χ0) is 15.4. The Bertz CT molecular complexity index is 683. The van der Waals surface area contributed by atoms with Crippen molar-refractivity contribution in [3.63, 3.8) is 0 Å². The van der Waals surface area contributed by atoms with Crippen LogP contribution < -0.4 is 5.32 Å². The van der Waals surface area contributed by atoms with Crippen LogP contribution in [0.15, 0.2) is 42.5 Å². The number of hydrogen-bond acceptors (Lipinski definition) is 2. The second kappa shape index (κ2) is 6.87. The van der Waals surface area contributed by atoms with Crippen molar-refractivity contribution in [1.82, 2.24) is 0 Å². The number of benzene rings is 2. The number of nitrogens with one attached hydrogen (secondary N) is 1. The number of aryl methyl sites for hydroxylation is 1. The predicted molar refractivity (Wildman–Crippen MR) is 88.4 cm³/mol. The minimum absolute atomic E-state index is 0.180. The van der Waals surface area contributed by atoms with Crippen molar-refractivity contribution in [3.05, 3.63) is 64.2 Å². The van der Waals surface area contributed by atoms with E-state index >= 15 is 0 Å². The molecule has 0 aliphatic carbocycles. The summed E-state index contributed by atoms with van der Waals surface area (Å²) in [6.07, 6.45) is 1.62. The molecule has 0 aliphatic rings. The van der Waals surface area contributed by atoms with Gasteiger partial charge >= 0.3 is 0 Å². The normalized spacial score (nSPS) is 12.0. The number of hydrogen-bond donors (Lipinski definition) is 1. The lowest BCUT2D eigenvalue weighted by atomic mass is 10.1.